The van der Waals surface area contributed by atoms with Crippen LogP contribution in [0.25, 0.3) is 0 Å². The van der Waals surface area contributed by atoms with Crippen LogP contribution in [0.3, 0.4) is 0 Å². The number of benzene rings is 1. The molecule has 20 heavy (non-hydrogen) atoms. The second-order valence-corrected chi connectivity index (χ2v) is 5.87. The summed E-state index contributed by atoms with van der Waals surface area (Å²) in [7, 11) is 0. The van der Waals surface area contributed by atoms with Crippen LogP contribution >= 0.6 is 27.5 Å². The summed E-state index contributed by atoms with van der Waals surface area (Å²) in [5.41, 5.74) is 0.177. The van der Waals surface area contributed by atoms with Crippen LogP contribution in [0, 0.1) is 11.6 Å². The van der Waals surface area contributed by atoms with Gasteiger partial charge >= 0.3 is 0 Å². The van der Waals surface area contributed by atoms with E-state index in [4.69, 9.17) is 11.6 Å². The molecular weight excluding hydrogens is 354 g/mol. The second kappa shape index (κ2) is 5.79. The van der Waals surface area contributed by atoms with Crippen LogP contribution < -0.4 is 0 Å². The molecule has 2 aromatic rings. The number of halogens is 4. The Bertz CT molecular complexity index is 646. The van der Waals surface area contributed by atoms with E-state index in [1.54, 1.807) is 4.68 Å². The molecule has 1 heterocycles. The molecule has 0 amide bonds. The van der Waals surface area contributed by atoms with E-state index in [9.17, 15) is 13.9 Å². The molecule has 1 N–H and O–H groups in total. The Labute approximate surface area is 128 Å². The fourth-order valence-corrected chi connectivity index (χ4v) is 2.55. The SMILES string of the molecule is CC(C)n1ncc(Br)c1C(O)c1cc(F)c(Cl)cc1F. The first-order valence-corrected chi connectivity index (χ1v) is 7.05. The van der Waals surface area contributed by atoms with Crippen LogP contribution in [-0.4, -0.2) is 14.9 Å². The van der Waals surface area contributed by atoms with E-state index in [1.807, 2.05) is 13.8 Å². The van der Waals surface area contributed by atoms with Gasteiger partial charge in [0.15, 0.2) is 0 Å². The minimum Gasteiger partial charge on any atom is -0.382 e. The summed E-state index contributed by atoms with van der Waals surface area (Å²) in [6, 6.07) is 1.71. The Kier molecular flexibility index (Phi) is 4.46. The first-order valence-electron chi connectivity index (χ1n) is 5.88. The highest BCUT2D eigenvalue weighted by Gasteiger charge is 2.24. The van der Waals surface area contributed by atoms with Crippen LogP contribution in [0.1, 0.15) is 37.3 Å². The summed E-state index contributed by atoms with van der Waals surface area (Å²) in [6.07, 6.45) is 0.156. The van der Waals surface area contributed by atoms with E-state index in [0.29, 0.717) is 10.2 Å². The topological polar surface area (TPSA) is 38.0 Å². The molecule has 0 bridgehead atoms. The van der Waals surface area contributed by atoms with Gasteiger partial charge < -0.3 is 5.11 Å². The lowest BCUT2D eigenvalue weighted by Gasteiger charge is -2.17. The van der Waals surface area contributed by atoms with Crippen molar-refractivity contribution in [2.24, 2.45) is 0 Å². The van der Waals surface area contributed by atoms with E-state index in [-0.39, 0.29) is 16.6 Å². The quantitative estimate of drug-likeness (QED) is 0.826. The van der Waals surface area contributed by atoms with Crippen molar-refractivity contribution in [3.05, 3.63) is 50.7 Å². The third-order valence-corrected chi connectivity index (χ3v) is 3.77. The van der Waals surface area contributed by atoms with Gasteiger partial charge in [0.2, 0.25) is 0 Å². The molecule has 3 nitrogen and oxygen atoms in total. The Morgan fingerprint density at radius 1 is 1.30 bits per heavy atom. The van der Waals surface area contributed by atoms with Gasteiger partial charge in [0.25, 0.3) is 0 Å². The summed E-state index contributed by atoms with van der Waals surface area (Å²) in [6.45, 7) is 3.74. The van der Waals surface area contributed by atoms with Gasteiger partial charge in [-0.05, 0) is 41.9 Å². The zero-order valence-electron chi connectivity index (χ0n) is 10.7. The first kappa shape index (κ1) is 15.4. The molecule has 0 aliphatic rings. The molecule has 2 rings (SSSR count). The lowest BCUT2D eigenvalue weighted by Crippen LogP contribution is -2.14. The van der Waals surface area contributed by atoms with Crippen LogP contribution in [0.4, 0.5) is 8.78 Å². The largest absolute Gasteiger partial charge is 0.382 e. The summed E-state index contributed by atoms with van der Waals surface area (Å²) in [5.74, 6) is -1.55. The maximum absolute atomic E-state index is 13.9. The number of aromatic nitrogens is 2. The zero-order chi connectivity index (χ0) is 15.0. The smallest absolute Gasteiger partial charge is 0.142 e. The van der Waals surface area contributed by atoms with E-state index < -0.39 is 17.7 Å². The summed E-state index contributed by atoms with van der Waals surface area (Å²) in [5, 5.41) is 14.1. The standard InChI is InChI=1S/C13H12BrClF2N2O/c1-6(2)19-12(8(14)5-18-19)13(20)7-3-11(17)9(15)4-10(7)16/h3-6,13,20H,1-2H3. The summed E-state index contributed by atoms with van der Waals surface area (Å²) >= 11 is 8.76. The molecule has 1 unspecified atom stereocenters. The van der Waals surface area contributed by atoms with Crippen LogP contribution in [0.2, 0.25) is 5.02 Å². The van der Waals surface area contributed by atoms with Crippen LogP contribution in [-0.2, 0) is 0 Å². The maximum Gasteiger partial charge on any atom is 0.142 e. The van der Waals surface area contributed by atoms with Gasteiger partial charge in [0, 0.05) is 11.6 Å². The van der Waals surface area contributed by atoms with Crippen molar-refractivity contribution < 1.29 is 13.9 Å². The van der Waals surface area contributed by atoms with E-state index >= 15 is 0 Å². The highest BCUT2D eigenvalue weighted by molar-refractivity contribution is 9.10. The maximum atomic E-state index is 13.9. The zero-order valence-corrected chi connectivity index (χ0v) is 13.1. The highest BCUT2D eigenvalue weighted by atomic mass is 79.9. The van der Waals surface area contributed by atoms with Gasteiger partial charge in [-0.25, -0.2) is 8.78 Å². The molecule has 0 saturated carbocycles. The van der Waals surface area contributed by atoms with E-state index in [0.717, 1.165) is 12.1 Å². The number of hydrogen-bond donors (Lipinski definition) is 1. The first-order chi connectivity index (χ1) is 9.32. The van der Waals surface area contributed by atoms with Crippen molar-refractivity contribution in [3.63, 3.8) is 0 Å². The average Bonchev–Trinajstić information content (AvgIpc) is 2.75. The molecule has 108 valence electrons. The normalized spacial score (nSPS) is 13.0. The van der Waals surface area contributed by atoms with Crippen molar-refractivity contribution in [1.29, 1.82) is 0 Å². The molecule has 0 saturated heterocycles. The second-order valence-electron chi connectivity index (χ2n) is 4.61. The third kappa shape index (κ3) is 2.73. The lowest BCUT2D eigenvalue weighted by molar-refractivity contribution is 0.198. The molecule has 0 aliphatic carbocycles. The van der Waals surface area contributed by atoms with E-state index in [1.165, 1.54) is 6.20 Å². The van der Waals surface area contributed by atoms with Gasteiger partial charge in [0.05, 0.1) is 21.4 Å². The molecule has 7 heteroatoms. The lowest BCUT2D eigenvalue weighted by atomic mass is 10.1. The molecule has 0 fully saturated rings. The molecule has 0 aliphatic heterocycles. The molecule has 0 spiro atoms. The summed E-state index contributed by atoms with van der Waals surface area (Å²) < 4.78 is 29.4. The van der Waals surface area contributed by atoms with Gasteiger partial charge in [-0.1, -0.05) is 11.6 Å². The number of hydrogen-bond acceptors (Lipinski definition) is 2. The van der Waals surface area contributed by atoms with Gasteiger partial charge in [-0.2, -0.15) is 5.10 Å². The Morgan fingerprint density at radius 2 is 1.95 bits per heavy atom. The molecule has 1 atom stereocenters. The Balaban J connectivity index is 2.54. The minimum atomic E-state index is -1.35. The molecular formula is C13H12BrClF2N2O. The summed E-state index contributed by atoms with van der Waals surface area (Å²) in [4.78, 5) is 0. The van der Waals surface area contributed by atoms with Crippen molar-refractivity contribution >= 4 is 27.5 Å². The predicted molar refractivity (Wildman–Crippen MR) is 75.7 cm³/mol. The van der Waals surface area contributed by atoms with Crippen LogP contribution in [0.5, 0.6) is 0 Å². The minimum absolute atomic E-state index is 0.0360. The molecule has 1 aromatic carbocycles. The van der Waals surface area contributed by atoms with Crippen molar-refractivity contribution in [2.75, 3.05) is 0 Å². The highest BCUT2D eigenvalue weighted by Crippen LogP contribution is 2.33. The Hall–Kier alpha value is -0.980. The number of nitrogens with zero attached hydrogens (tertiary/aromatic N) is 2. The molecule has 0 radical (unpaired) electrons. The van der Waals surface area contributed by atoms with Gasteiger partial charge in [0.1, 0.15) is 17.7 Å². The van der Waals surface area contributed by atoms with Gasteiger partial charge in [-0.3, -0.25) is 4.68 Å². The van der Waals surface area contributed by atoms with Crippen molar-refractivity contribution in [1.82, 2.24) is 9.78 Å². The Morgan fingerprint density at radius 3 is 2.55 bits per heavy atom. The number of aliphatic hydroxyl groups is 1. The number of rotatable bonds is 3. The number of aliphatic hydroxyl groups excluding tert-OH is 1. The fourth-order valence-electron chi connectivity index (χ4n) is 1.91. The third-order valence-electron chi connectivity index (χ3n) is 2.87. The monoisotopic (exact) mass is 364 g/mol. The average molecular weight is 366 g/mol. The molecule has 1 aromatic heterocycles. The van der Waals surface area contributed by atoms with Gasteiger partial charge in [-0.15, -0.1) is 0 Å². The van der Waals surface area contributed by atoms with E-state index in [2.05, 4.69) is 21.0 Å². The van der Waals surface area contributed by atoms with Crippen molar-refractivity contribution in [3.8, 4) is 0 Å². The van der Waals surface area contributed by atoms with Crippen molar-refractivity contribution in [2.45, 2.75) is 26.0 Å². The predicted octanol–water partition coefficient (Wildman–Crippen LogP) is 4.24. The fraction of sp³-hybridized carbons (Fsp3) is 0.308. The van der Waals surface area contributed by atoms with Crippen LogP contribution in [0.15, 0.2) is 22.8 Å².